The molecule has 1 atom stereocenters. The lowest BCUT2D eigenvalue weighted by molar-refractivity contribution is 0.0786. The molecule has 0 bridgehead atoms. The van der Waals surface area contributed by atoms with Crippen molar-refractivity contribution in [3.05, 3.63) is 78.1 Å². The summed E-state index contributed by atoms with van der Waals surface area (Å²) in [6.45, 7) is 1.45. The van der Waals surface area contributed by atoms with Gasteiger partial charge in [0.05, 0.1) is 0 Å². The third kappa shape index (κ3) is 3.03. The number of hydrogen-bond donors (Lipinski definition) is 2. The Morgan fingerprint density at radius 2 is 1.80 bits per heavy atom. The Morgan fingerprint density at radius 1 is 1.04 bits per heavy atom. The van der Waals surface area contributed by atoms with Crippen LogP contribution in [0.5, 0.6) is 5.75 Å². The second-order valence-corrected chi connectivity index (χ2v) is 6.46. The van der Waals surface area contributed by atoms with Gasteiger partial charge < -0.3 is 15.0 Å². The summed E-state index contributed by atoms with van der Waals surface area (Å²) in [6, 6.07) is 19.2. The summed E-state index contributed by atoms with van der Waals surface area (Å²) in [5, 5.41) is 9.43. The molecule has 0 aliphatic carbocycles. The van der Waals surface area contributed by atoms with Gasteiger partial charge in [-0.2, -0.15) is 0 Å². The van der Waals surface area contributed by atoms with Crippen molar-refractivity contribution < 1.29 is 9.90 Å². The number of hydrogen-bond acceptors (Lipinski definition) is 2. The molecule has 3 aromatic rings. The smallest absolute Gasteiger partial charge is 0.270 e. The van der Waals surface area contributed by atoms with Gasteiger partial charge in [-0.25, -0.2) is 0 Å². The van der Waals surface area contributed by atoms with Crippen LogP contribution < -0.4 is 0 Å². The number of nitrogens with zero attached hydrogens (tertiary/aromatic N) is 1. The van der Waals surface area contributed by atoms with Crippen LogP contribution >= 0.6 is 0 Å². The number of carbonyl (C=O) groups excluding carboxylic acids is 1. The predicted molar refractivity (Wildman–Crippen MR) is 97.6 cm³/mol. The maximum Gasteiger partial charge on any atom is 0.270 e. The summed E-state index contributed by atoms with van der Waals surface area (Å²) in [5.41, 5.74) is 3.81. The van der Waals surface area contributed by atoms with Gasteiger partial charge >= 0.3 is 0 Å². The van der Waals surface area contributed by atoms with Crippen LogP contribution in [-0.4, -0.2) is 34.0 Å². The topological polar surface area (TPSA) is 56.3 Å². The van der Waals surface area contributed by atoms with Gasteiger partial charge in [-0.15, -0.1) is 0 Å². The van der Waals surface area contributed by atoms with Crippen molar-refractivity contribution in [3.8, 4) is 16.9 Å². The maximum absolute atomic E-state index is 13.0. The van der Waals surface area contributed by atoms with Gasteiger partial charge in [-0.1, -0.05) is 42.5 Å². The molecular formula is C21H20N2O2. The fourth-order valence-corrected chi connectivity index (χ4v) is 3.53. The van der Waals surface area contributed by atoms with Crippen molar-refractivity contribution in [3.63, 3.8) is 0 Å². The van der Waals surface area contributed by atoms with E-state index in [9.17, 15) is 9.90 Å². The van der Waals surface area contributed by atoms with E-state index in [4.69, 9.17) is 0 Å². The number of carbonyl (C=O) groups is 1. The second kappa shape index (κ2) is 6.48. The van der Waals surface area contributed by atoms with Gasteiger partial charge in [0.1, 0.15) is 11.4 Å². The SMILES string of the molecule is O=C(c1[nH]ccc1-c1ccccc1)N1CCC(c2ccc(O)cc2)C1. The molecule has 1 fully saturated rings. The predicted octanol–water partition coefficient (Wildman–Crippen LogP) is 4.02. The molecule has 1 aliphatic rings. The maximum atomic E-state index is 13.0. The molecule has 1 amide bonds. The summed E-state index contributed by atoms with van der Waals surface area (Å²) in [5.74, 6) is 0.637. The van der Waals surface area contributed by atoms with Crippen molar-refractivity contribution in [2.24, 2.45) is 0 Å². The quantitative estimate of drug-likeness (QED) is 0.761. The summed E-state index contributed by atoms with van der Waals surface area (Å²) in [6.07, 6.45) is 2.76. The molecule has 4 heteroatoms. The first kappa shape index (κ1) is 15.5. The Hall–Kier alpha value is -3.01. The van der Waals surface area contributed by atoms with Gasteiger partial charge in [-0.05, 0) is 35.7 Å². The summed E-state index contributed by atoms with van der Waals surface area (Å²) >= 11 is 0. The lowest BCUT2D eigenvalue weighted by Gasteiger charge is -2.17. The second-order valence-electron chi connectivity index (χ2n) is 6.46. The molecule has 4 rings (SSSR count). The van der Waals surface area contributed by atoms with Crippen LogP contribution in [0.15, 0.2) is 66.9 Å². The van der Waals surface area contributed by atoms with Crippen LogP contribution in [-0.2, 0) is 0 Å². The number of aromatic amines is 1. The number of H-pyrrole nitrogens is 1. The van der Waals surface area contributed by atoms with E-state index in [1.54, 1.807) is 12.1 Å². The van der Waals surface area contributed by atoms with Crippen LogP contribution in [0, 0.1) is 0 Å². The minimum Gasteiger partial charge on any atom is -0.508 e. The molecule has 1 aromatic heterocycles. The van der Waals surface area contributed by atoms with E-state index >= 15 is 0 Å². The number of aromatic hydroxyl groups is 1. The Labute approximate surface area is 146 Å². The van der Waals surface area contributed by atoms with E-state index in [-0.39, 0.29) is 11.7 Å². The van der Waals surface area contributed by atoms with E-state index in [2.05, 4.69) is 4.98 Å². The standard InChI is InChI=1S/C21H20N2O2/c24-18-8-6-15(7-9-18)17-11-13-23(14-17)21(25)20-19(10-12-22-20)16-4-2-1-3-5-16/h1-10,12,17,22,24H,11,13-14H2. The number of phenolic OH excluding ortho intramolecular Hbond substituents is 1. The molecule has 0 radical (unpaired) electrons. The van der Waals surface area contributed by atoms with E-state index in [0.717, 1.165) is 24.1 Å². The molecule has 126 valence electrons. The first-order valence-electron chi connectivity index (χ1n) is 8.53. The van der Waals surface area contributed by atoms with Crippen LogP contribution in [0.2, 0.25) is 0 Å². The minimum absolute atomic E-state index is 0.0464. The monoisotopic (exact) mass is 332 g/mol. The normalized spacial score (nSPS) is 17.0. The van der Waals surface area contributed by atoms with E-state index in [1.807, 2.05) is 59.6 Å². The molecule has 2 N–H and O–H groups in total. The number of benzene rings is 2. The van der Waals surface area contributed by atoms with Gasteiger partial charge in [0.2, 0.25) is 0 Å². The Morgan fingerprint density at radius 3 is 2.56 bits per heavy atom. The molecule has 2 heterocycles. The zero-order valence-electron chi connectivity index (χ0n) is 13.9. The number of rotatable bonds is 3. The average Bonchev–Trinajstić information content (AvgIpc) is 3.32. The number of amides is 1. The zero-order valence-corrected chi connectivity index (χ0v) is 13.9. The Kier molecular flexibility index (Phi) is 4.02. The highest BCUT2D eigenvalue weighted by atomic mass is 16.3. The van der Waals surface area contributed by atoms with Crippen molar-refractivity contribution in [1.29, 1.82) is 0 Å². The molecule has 0 spiro atoms. The van der Waals surface area contributed by atoms with Crippen molar-refractivity contribution in [2.45, 2.75) is 12.3 Å². The molecule has 1 unspecified atom stereocenters. The number of aromatic nitrogens is 1. The number of phenols is 1. The summed E-state index contributed by atoms with van der Waals surface area (Å²) in [7, 11) is 0. The van der Waals surface area contributed by atoms with Crippen molar-refractivity contribution in [2.75, 3.05) is 13.1 Å². The molecule has 0 saturated carbocycles. The van der Waals surface area contributed by atoms with Crippen molar-refractivity contribution in [1.82, 2.24) is 9.88 Å². The third-order valence-corrected chi connectivity index (χ3v) is 4.89. The highest BCUT2D eigenvalue weighted by Gasteiger charge is 2.29. The van der Waals surface area contributed by atoms with Gasteiger partial charge in [0, 0.05) is 30.8 Å². The zero-order chi connectivity index (χ0) is 17.2. The third-order valence-electron chi connectivity index (χ3n) is 4.89. The highest BCUT2D eigenvalue weighted by molar-refractivity contribution is 5.99. The number of likely N-dealkylation sites (tertiary alicyclic amines) is 1. The van der Waals surface area contributed by atoms with Crippen LogP contribution in [0.3, 0.4) is 0 Å². The van der Waals surface area contributed by atoms with E-state index in [1.165, 1.54) is 5.56 Å². The molecule has 4 nitrogen and oxygen atoms in total. The minimum atomic E-state index is 0.0464. The van der Waals surface area contributed by atoms with Crippen LogP contribution in [0.25, 0.3) is 11.1 Å². The van der Waals surface area contributed by atoms with E-state index < -0.39 is 0 Å². The fourth-order valence-electron chi connectivity index (χ4n) is 3.53. The van der Waals surface area contributed by atoms with Gasteiger partial charge in [-0.3, -0.25) is 4.79 Å². The summed E-state index contributed by atoms with van der Waals surface area (Å²) < 4.78 is 0. The van der Waals surface area contributed by atoms with Crippen molar-refractivity contribution >= 4 is 5.91 Å². The molecule has 25 heavy (non-hydrogen) atoms. The highest BCUT2D eigenvalue weighted by Crippen LogP contribution is 2.31. The first-order valence-corrected chi connectivity index (χ1v) is 8.53. The van der Waals surface area contributed by atoms with E-state index in [0.29, 0.717) is 18.2 Å². The van der Waals surface area contributed by atoms with Crippen LogP contribution in [0.4, 0.5) is 0 Å². The van der Waals surface area contributed by atoms with Crippen LogP contribution in [0.1, 0.15) is 28.4 Å². The lowest BCUT2D eigenvalue weighted by Crippen LogP contribution is -2.29. The summed E-state index contributed by atoms with van der Waals surface area (Å²) in [4.78, 5) is 18.0. The molecule has 1 saturated heterocycles. The first-order chi connectivity index (χ1) is 12.2. The Bertz CT molecular complexity index is 868. The lowest BCUT2D eigenvalue weighted by atomic mass is 9.98. The number of nitrogens with one attached hydrogen (secondary N) is 1. The fraction of sp³-hybridized carbons (Fsp3) is 0.190. The van der Waals surface area contributed by atoms with Gasteiger partial charge in [0.15, 0.2) is 0 Å². The molecular weight excluding hydrogens is 312 g/mol. The molecule has 1 aliphatic heterocycles. The Balaban J connectivity index is 1.53. The average molecular weight is 332 g/mol. The van der Waals surface area contributed by atoms with Gasteiger partial charge in [0.25, 0.3) is 5.91 Å². The molecule has 2 aromatic carbocycles. The largest absolute Gasteiger partial charge is 0.508 e.